The molecule has 2 unspecified atom stereocenters. The van der Waals surface area contributed by atoms with Crippen LogP contribution in [0.5, 0.6) is 11.5 Å². The van der Waals surface area contributed by atoms with E-state index in [1.807, 2.05) is 26.8 Å². The molecule has 2 rings (SSSR count). The second-order valence-electron chi connectivity index (χ2n) is 6.29. The van der Waals surface area contributed by atoms with Gasteiger partial charge in [0, 0.05) is 23.9 Å². The highest BCUT2D eigenvalue weighted by Crippen LogP contribution is 2.39. The van der Waals surface area contributed by atoms with Gasteiger partial charge in [-0.2, -0.15) is 0 Å². The van der Waals surface area contributed by atoms with E-state index in [1.165, 1.54) is 14.0 Å². The standard InChI is InChI=1S/C18H25NO5/c1-9(2)15(19)13(21)8-23-18-14(22-5)7-6-12-10(3)16(11(4)20)24-17(12)18/h6-7,9,13,15,21H,8,19H2,1-5H3. The predicted molar refractivity (Wildman–Crippen MR) is 91.8 cm³/mol. The third-order valence-electron chi connectivity index (χ3n) is 4.18. The molecule has 0 spiro atoms. The van der Waals surface area contributed by atoms with Crippen molar-refractivity contribution < 1.29 is 23.8 Å². The number of aliphatic hydroxyl groups excluding tert-OH is 1. The normalized spacial score (nSPS) is 14.0. The average molecular weight is 335 g/mol. The van der Waals surface area contributed by atoms with E-state index < -0.39 is 12.1 Å². The second kappa shape index (κ2) is 7.23. The first-order chi connectivity index (χ1) is 11.3. The molecule has 6 heteroatoms. The first kappa shape index (κ1) is 18.3. The van der Waals surface area contributed by atoms with Crippen LogP contribution in [0.4, 0.5) is 0 Å². The number of rotatable bonds is 7. The van der Waals surface area contributed by atoms with Crippen molar-refractivity contribution in [3.63, 3.8) is 0 Å². The fourth-order valence-corrected chi connectivity index (χ4v) is 2.60. The van der Waals surface area contributed by atoms with Gasteiger partial charge < -0.3 is 24.7 Å². The zero-order valence-corrected chi connectivity index (χ0v) is 14.8. The lowest BCUT2D eigenvalue weighted by molar-refractivity contribution is 0.0705. The maximum Gasteiger partial charge on any atom is 0.204 e. The number of furan rings is 1. The van der Waals surface area contributed by atoms with Gasteiger partial charge in [-0.1, -0.05) is 13.8 Å². The number of ketones is 1. The maximum absolute atomic E-state index is 11.7. The number of Topliss-reactive ketones (excluding diaryl/α,β-unsaturated/α-hetero) is 1. The molecule has 1 heterocycles. The Hall–Kier alpha value is -2.05. The summed E-state index contributed by atoms with van der Waals surface area (Å²) in [6.07, 6.45) is -0.826. The molecule has 0 bridgehead atoms. The number of aryl methyl sites for hydroxylation is 1. The lowest BCUT2D eigenvalue weighted by atomic mass is 10.0. The molecule has 0 amide bonds. The molecule has 2 atom stereocenters. The number of methoxy groups -OCH3 is 1. The summed E-state index contributed by atoms with van der Waals surface area (Å²) in [6.45, 7) is 7.15. The average Bonchev–Trinajstić information content (AvgIpc) is 2.88. The Kier molecular flexibility index (Phi) is 5.51. The first-order valence-corrected chi connectivity index (χ1v) is 7.95. The number of nitrogens with two attached hydrogens (primary N) is 1. The maximum atomic E-state index is 11.7. The number of carbonyl (C=O) groups excluding carboxylic acids is 1. The lowest BCUT2D eigenvalue weighted by Crippen LogP contribution is -2.42. The summed E-state index contributed by atoms with van der Waals surface area (Å²) in [5.41, 5.74) is 7.13. The highest BCUT2D eigenvalue weighted by atomic mass is 16.5. The minimum absolute atomic E-state index is 0.00394. The van der Waals surface area contributed by atoms with Gasteiger partial charge in [0.2, 0.25) is 5.75 Å². The first-order valence-electron chi connectivity index (χ1n) is 7.95. The van der Waals surface area contributed by atoms with E-state index >= 15 is 0 Å². The van der Waals surface area contributed by atoms with Gasteiger partial charge in [-0.15, -0.1) is 0 Å². The molecule has 0 aliphatic heterocycles. The molecule has 0 radical (unpaired) electrons. The van der Waals surface area contributed by atoms with Crippen molar-refractivity contribution in [1.82, 2.24) is 0 Å². The van der Waals surface area contributed by atoms with Gasteiger partial charge in [0.25, 0.3) is 0 Å². The summed E-state index contributed by atoms with van der Waals surface area (Å²) in [5, 5.41) is 10.9. The van der Waals surface area contributed by atoms with E-state index in [1.54, 1.807) is 6.07 Å². The molecule has 3 N–H and O–H groups in total. The monoisotopic (exact) mass is 335 g/mol. The Morgan fingerprint density at radius 3 is 2.58 bits per heavy atom. The van der Waals surface area contributed by atoms with Crippen molar-refractivity contribution in [3.05, 3.63) is 23.5 Å². The molecule has 6 nitrogen and oxygen atoms in total. The summed E-state index contributed by atoms with van der Waals surface area (Å²) in [4.78, 5) is 11.7. The van der Waals surface area contributed by atoms with Crippen LogP contribution in [0.25, 0.3) is 11.0 Å². The topological polar surface area (TPSA) is 94.9 Å². The number of carbonyl (C=O) groups is 1. The van der Waals surface area contributed by atoms with Crippen molar-refractivity contribution in [2.45, 2.75) is 39.8 Å². The molecule has 0 aliphatic rings. The number of ether oxygens (including phenoxy) is 2. The summed E-state index contributed by atoms with van der Waals surface area (Å²) in [6, 6.07) is 3.17. The van der Waals surface area contributed by atoms with Crippen LogP contribution in [0, 0.1) is 12.8 Å². The van der Waals surface area contributed by atoms with Gasteiger partial charge in [0.15, 0.2) is 22.9 Å². The molecular formula is C18H25NO5. The van der Waals surface area contributed by atoms with Crippen molar-refractivity contribution in [1.29, 1.82) is 0 Å². The van der Waals surface area contributed by atoms with Crippen molar-refractivity contribution >= 4 is 16.8 Å². The van der Waals surface area contributed by atoms with E-state index in [4.69, 9.17) is 19.6 Å². The molecule has 2 aromatic rings. The van der Waals surface area contributed by atoms with Crippen LogP contribution < -0.4 is 15.2 Å². The molecule has 132 valence electrons. The molecule has 1 aromatic carbocycles. The van der Waals surface area contributed by atoms with E-state index in [0.717, 1.165) is 10.9 Å². The van der Waals surface area contributed by atoms with E-state index in [-0.39, 0.29) is 18.3 Å². The number of hydrogen-bond acceptors (Lipinski definition) is 6. The van der Waals surface area contributed by atoms with Gasteiger partial charge in [-0.05, 0) is 25.0 Å². The van der Waals surface area contributed by atoms with Crippen LogP contribution in [-0.2, 0) is 0 Å². The summed E-state index contributed by atoms with van der Waals surface area (Å²) in [7, 11) is 1.52. The zero-order chi connectivity index (χ0) is 18.0. The minimum Gasteiger partial charge on any atom is -0.493 e. The fourth-order valence-electron chi connectivity index (χ4n) is 2.60. The second-order valence-corrected chi connectivity index (χ2v) is 6.29. The van der Waals surface area contributed by atoms with Crippen LogP contribution in [0.2, 0.25) is 0 Å². The number of fused-ring (bicyclic) bond motifs is 1. The highest BCUT2D eigenvalue weighted by Gasteiger charge is 2.23. The summed E-state index contributed by atoms with van der Waals surface area (Å²) >= 11 is 0. The highest BCUT2D eigenvalue weighted by molar-refractivity contribution is 6.00. The van der Waals surface area contributed by atoms with Gasteiger partial charge in [-0.25, -0.2) is 0 Å². The van der Waals surface area contributed by atoms with Gasteiger partial charge in [0.05, 0.1) is 7.11 Å². The largest absolute Gasteiger partial charge is 0.493 e. The minimum atomic E-state index is -0.826. The van der Waals surface area contributed by atoms with Crippen molar-refractivity contribution in [2.75, 3.05) is 13.7 Å². The number of aliphatic hydroxyl groups is 1. The van der Waals surface area contributed by atoms with Crippen LogP contribution in [-0.4, -0.2) is 36.8 Å². The van der Waals surface area contributed by atoms with Gasteiger partial charge in [0.1, 0.15) is 12.7 Å². The van der Waals surface area contributed by atoms with E-state index in [0.29, 0.717) is 22.8 Å². The van der Waals surface area contributed by atoms with Crippen molar-refractivity contribution in [2.24, 2.45) is 11.7 Å². The van der Waals surface area contributed by atoms with Gasteiger partial charge >= 0.3 is 0 Å². The molecule has 0 saturated heterocycles. The molecule has 0 aliphatic carbocycles. The molecule has 1 aromatic heterocycles. The summed E-state index contributed by atoms with van der Waals surface area (Å²) in [5.74, 6) is 1.09. The SMILES string of the molecule is COc1ccc2c(C)c(C(C)=O)oc2c1OCC(O)C(N)C(C)C. The molecule has 0 saturated carbocycles. The zero-order valence-electron chi connectivity index (χ0n) is 14.8. The Bertz CT molecular complexity index is 735. The molecular weight excluding hydrogens is 310 g/mol. The van der Waals surface area contributed by atoms with Crippen LogP contribution in [0.3, 0.4) is 0 Å². The van der Waals surface area contributed by atoms with Crippen molar-refractivity contribution in [3.8, 4) is 11.5 Å². The Morgan fingerprint density at radius 2 is 2.04 bits per heavy atom. The Morgan fingerprint density at radius 1 is 1.38 bits per heavy atom. The number of benzene rings is 1. The third kappa shape index (κ3) is 3.39. The van der Waals surface area contributed by atoms with E-state index in [9.17, 15) is 9.90 Å². The molecule has 24 heavy (non-hydrogen) atoms. The third-order valence-corrected chi connectivity index (χ3v) is 4.18. The lowest BCUT2D eigenvalue weighted by Gasteiger charge is -2.22. The van der Waals surface area contributed by atoms with Crippen LogP contribution >= 0.6 is 0 Å². The van der Waals surface area contributed by atoms with Gasteiger partial charge in [-0.3, -0.25) is 4.79 Å². The molecule has 0 fully saturated rings. The van der Waals surface area contributed by atoms with Crippen LogP contribution in [0.15, 0.2) is 16.5 Å². The quantitative estimate of drug-likeness (QED) is 0.755. The van der Waals surface area contributed by atoms with Crippen LogP contribution in [0.1, 0.15) is 36.9 Å². The van der Waals surface area contributed by atoms with E-state index in [2.05, 4.69) is 0 Å². The summed E-state index contributed by atoms with van der Waals surface area (Å²) < 4.78 is 16.8. The predicted octanol–water partition coefficient (Wildman–Crippen LogP) is 2.68. The number of hydrogen-bond donors (Lipinski definition) is 2. The fraction of sp³-hybridized carbons (Fsp3) is 0.500. The Balaban J connectivity index is 2.40. The Labute approximate surface area is 141 Å². The smallest absolute Gasteiger partial charge is 0.204 e.